The minimum Gasteiger partial charge on any atom is -0.351 e. The van der Waals surface area contributed by atoms with Crippen LogP contribution in [-0.4, -0.2) is 17.4 Å². The molecule has 0 aromatic heterocycles. The Morgan fingerprint density at radius 2 is 2.10 bits per heavy atom. The Kier molecular flexibility index (Phi) is 5.04. The summed E-state index contributed by atoms with van der Waals surface area (Å²) in [6, 6.07) is 4.12. The first-order chi connectivity index (χ1) is 9.30. The van der Waals surface area contributed by atoms with E-state index in [-0.39, 0.29) is 28.3 Å². The van der Waals surface area contributed by atoms with Gasteiger partial charge in [-0.2, -0.15) is 0 Å². The van der Waals surface area contributed by atoms with Gasteiger partial charge in [-0.3, -0.25) is 20.8 Å². The molecular formula is C13H20N4O3. The van der Waals surface area contributed by atoms with E-state index in [9.17, 15) is 14.9 Å². The van der Waals surface area contributed by atoms with Crippen LogP contribution in [0.5, 0.6) is 0 Å². The van der Waals surface area contributed by atoms with Crippen molar-refractivity contribution in [1.29, 1.82) is 0 Å². The molecule has 7 heteroatoms. The van der Waals surface area contributed by atoms with E-state index in [0.717, 1.165) is 6.42 Å². The van der Waals surface area contributed by atoms with E-state index in [2.05, 4.69) is 10.7 Å². The second-order valence-corrected chi connectivity index (χ2v) is 5.33. The van der Waals surface area contributed by atoms with Crippen LogP contribution < -0.4 is 16.6 Å². The SMILES string of the molecule is CCC(C)(C)CNC(=O)c1ccc(NN)c([N+](=O)[O-])c1. The van der Waals surface area contributed by atoms with Crippen molar-refractivity contribution < 1.29 is 9.72 Å². The molecule has 0 fully saturated rings. The summed E-state index contributed by atoms with van der Waals surface area (Å²) in [5.74, 6) is 4.86. The Balaban J connectivity index is 2.89. The molecule has 110 valence electrons. The number of nitrogens with two attached hydrogens (primary N) is 1. The van der Waals surface area contributed by atoms with Gasteiger partial charge in [0.15, 0.2) is 0 Å². The molecule has 0 heterocycles. The lowest BCUT2D eigenvalue weighted by Gasteiger charge is -2.22. The lowest BCUT2D eigenvalue weighted by atomic mass is 9.90. The van der Waals surface area contributed by atoms with Crippen molar-refractivity contribution in [2.45, 2.75) is 27.2 Å². The zero-order valence-electron chi connectivity index (χ0n) is 11.9. The number of nitrogen functional groups attached to an aromatic ring is 1. The summed E-state index contributed by atoms with van der Waals surface area (Å²) in [4.78, 5) is 22.3. The van der Waals surface area contributed by atoms with Gasteiger partial charge in [-0.25, -0.2) is 0 Å². The third-order valence-electron chi connectivity index (χ3n) is 3.30. The molecular weight excluding hydrogens is 260 g/mol. The highest BCUT2D eigenvalue weighted by Crippen LogP contribution is 2.25. The molecule has 0 aliphatic heterocycles. The molecule has 0 unspecified atom stereocenters. The van der Waals surface area contributed by atoms with Crippen molar-refractivity contribution in [2.24, 2.45) is 11.3 Å². The van der Waals surface area contributed by atoms with Crippen LogP contribution in [0.1, 0.15) is 37.6 Å². The van der Waals surface area contributed by atoms with Crippen LogP contribution in [0.2, 0.25) is 0 Å². The van der Waals surface area contributed by atoms with Gasteiger partial charge in [0.1, 0.15) is 5.69 Å². The minimum absolute atomic E-state index is 0.0135. The summed E-state index contributed by atoms with van der Waals surface area (Å²) >= 11 is 0. The number of carbonyl (C=O) groups excluding carboxylic acids is 1. The largest absolute Gasteiger partial charge is 0.351 e. The topological polar surface area (TPSA) is 110 Å². The van der Waals surface area contributed by atoms with Gasteiger partial charge in [0.25, 0.3) is 11.6 Å². The predicted molar refractivity (Wildman–Crippen MR) is 77.3 cm³/mol. The number of nitro groups is 1. The molecule has 0 saturated heterocycles. The van der Waals surface area contributed by atoms with Gasteiger partial charge in [0.2, 0.25) is 0 Å². The van der Waals surface area contributed by atoms with Crippen molar-refractivity contribution in [1.82, 2.24) is 5.32 Å². The molecule has 1 amide bonds. The number of hydrazine groups is 1. The number of nitrogens with zero attached hydrogens (tertiary/aromatic N) is 1. The number of amides is 1. The fraction of sp³-hybridized carbons (Fsp3) is 0.462. The van der Waals surface area contributed by atoms with Crippen molar-refractivity contribution in [2.75, 3.05) is 12.0 Å². The second-order valence-electron chi connectivity index (χ2n) is 5.33. The number of nitro benzene ring substituents is 1. The van der Waals surface area contributed by atoms with Crippen molar-refractivity contribution in [3.05, 3.63) is 33.9 Å². The molecule has 0 spiro atoms. The standard InChI is InChI=1S/C13H20N4O3/c1-4-13(2,3)8-15-12(18)9-5-6-10(16-14)11(7-9)17(19)20/h5-7,16H,4,8,14H2,1-3H3,(H,15,18). The van der Waals surface area contributed by atoms with E-state index in [0.29, 0.717) is 6.54 Å². The Bertz CT molecular complexity index is 514. The number of hydrogen-bond acceptors (Lipinski definition) is 5. The normalized spacial score (nSPS) is 11.0. The van der Waals surface area contributed by atoms with E-state index in [1.807, 2.05) is 20.8 Å². The van der Waals surface area contributed by atoms with E-state index < -0.39 is 4.92 Å². The number of hydrogen-bond donors (Lipinski definition) is 3. The first-order valence-electron chi connectivity index (χ1n) is 6.34. The summed E-state index contributed by atoms with van der Waals surface area (Å²) in [6.07, 6.45) is 0.920. The van der Waals surface area contributed by atoms with Crippen molar-refractivity contribution in [3.8, 4) is 0 Å². The Labute approximate surface area is 117 Å². The maximum atomic E-state index is 12.0. The highest BCUT2D eigenvalue weighted by atomic mass is 16.6. The molecule has 4 N–H and O–H groups in total. The summed E-state index contributed by atoms with van der Waals surface area (Å²) in [5.41, 5.74) is 2.40. The van der Waals surface area contributed by atoms with Crippen LogP contribution >= 0.6 is 0 Å². The van der Waals surface area contributed by atoms with E-state index in [1.165, 1.54) is 18.2 Å². The maximum absolute atomic E-state index is 12.0. The van der Waals surface area contributed by atoms with E-state index in [4.69, 9.17) is 5.84 Å². The van der Waals surface area contributed by atoms with Crippen LogP contribution in [0, 0.1) is 15.5 Å². The van der Waals surface area contributed by atoms with Crippen LogP contribution in [-0.2, 0) is 0 Å². The number of rotatable bonds is 6. The lowest BCUT2D eigenvalue weighted by Crippen LogP contribution is -2.33. The van der Waals surface area contributed by atoms with Gasteiger partial charge in [0.05, 0.1) is 4.92 Å². The summed E-state index contributed by atoms with van der Waals surface area (Å²) in [5, 5.41) is 13.7. The fourth-order valence-corrected chi connectivity index (χ4v) is 1.49. The average molecular weight is 280 g/mol. The quantitative estimate of drug-likeness (QED) is 0.419. The first-order valence-corrected chi connectivity index (χ1v) is 6.34. The molecule has 7 nitrogen and oxygen atoms in total. The third kappa shape index (κ3) is 3.92. The zero-order chi connectivity index (χ0) is 15.3. The van der Waals surface area contributed by atoms with Gasteiger partial charge < -0.3 is 10.7 Å². The molecule has 1 rings (SSSR count). The monoisotopic (exact) mass is 280 g/mol. The van der Waals surface area contributed by atoms with Crippen molar-refractivity contribution in [3.63, 3.8) is 0 Å². The second kappa shape index (κ2) is 6.33. The highest BCUT2D eigenvalue weighted by molar-refractivity contribution is 5.95. The minimum atomic E-state index is -0.581. The Morgan fingerprint density at radius 1 is 1.45 bits per heavy atom. The summed E-state index contributed by atoms with van der Waals surface area (Å²) in [7, 11) is 0. The molecule has 1 aromatic rings. The molecule has 0 bridgehead atoms. The molecule has 1 aromatic carbocycles. The van der Waals surface area contributed by atoms with Gasteiger partial charge >= 0.3 is 0 Å². The van der Waals surface area contributed by atoms with Gasteiger partial charge in [0, 0.05) is 18.2 Å². The smallest absolute Gasteiger partial charge is 0.294 e. The lowest BCUT2D eigenvalue weighted by molar-refractivity contribution is -0.384. The number of nitrogens with one attached hydrogen (secondary N) is 2. The van der Waals surface area contributed by atoms with Gasteiger partial charge in [-0.05, 0) is 24.0 Å². The molecule has 0 aliphatic carbocycles. The van der Waals surface area contributed by atoms with Crippen LogP contribution in [0.25, 0.3) is 0 Å². The number of anilines is 1. The molecule has 0 aliphatic rings. The molecule has 0 radical (unpaired) electrons. The fourth-order valence-electron chi connectivity index (χ4n) is 1.49. The number of benzene rings is 1. The average Bonchev–Trinajstić information content (AvgIpc) is 2.44. The Hall–Kier alpha value is -2.15. The maximum Gasteiger partial charge on any atom is 0.294 e. The first kappa shape index (κ1) is 15.9. The molecule has 0 atom stereocenters. The summed E-state index contributed by atoms with van der Waals surface area (Å²) < 4.78 is 0. The number of carbonyl (C=O) groups is 1. The third-order valence-corrected chi connectivity index (χ3v) is 3.30. The molecule has 20 heavy (non-hydrogen) atoms. The van der Waals surface area contributed by atoms with E-state index >= 15 is 0 Å². The zero-order valence-corrected chi connectivity index (χ0v) is 11.9. The molecule has 0 saturated carbocycles. The van der Waals surface area contributed by atoms with Gasteiger partial charge in [-0.1, -0.05) is 20.8 Å². The van der Waals surface area contributed by atoms with Crippen LogP contribution in [0.15, 0.2) is 18.2 Å². The summed E-state index contributed by atoms with van der Waals surface area (Å²) in [6.45, 7) is 6.63. The Morgan fingerprint density at radius 3 is 2.60 bits per heavy atom. The van der Waals surface area contributed by atoms with Gasteiger partial charge in [-0.15, -0.1) is 0 Å². The van der Waals surface area contributed by atoms with Crippen LogP contribution in [0.3, 0.4) is 0 Å². The predicted octanol–water partition coefficient (Wildman–Crippen LogP) is 2.05. The highest BCUT2D eigenvalue weighted by Gasteiger charge is 2.19. The van der Waals surface area contributed by atoms with Crippen LogP contribution in [0.4, 0.5) is 11.4 Å². The van der Waals surface area contributed by atoms with Crippen molar-refractivity contribution >= 4 is 17.3 Å². The van der Waals surface area contributed by atoms with E-state index in [1.54, 1.807) is 0 Å².